The van der Waals surface area contributed by atoms with Crippen molar-refractivity contribution in [2.75, 3.05) is 4.90 Å². The standard InChI is InChI=1S/C23H19BrFNO3/c24-14-4-3-5-16(12-14)26-20(13-8-10-15(25)11-9-13)19-21(27)17-6-1-2-7-18(17)29-22(19)23(26)28/h3-5,8-12,17-18,20H,1-2,6-7H2. The average molecular weight is 456 g/mol. The van der Waals surface area contributed by atoms with Crippen LogP contribution in [0.15, 0.2) is 64.3 Å². The molecule has 2 aromatic rings. The highest BCUT2D eigenvalue weighted by Crippen LogP contribution is 2.48. The van der Waals surface area contributed by atoms with Crippen LogP contribution in [0.25, 0.3) is 0 Å². The van der Waals surface area contributed by atoms with Crippen molar-refractivity contribution in [1.82, 2.24) is 0 Å². The van der Waals surface area contributed by atoms with E-state index in [0.717, 1.165) is 30.2 Å². The SMILES string of the molecule is O=C1C2=C(OC3CCCCC13)C(=O)N(c1cccc(Br)c1)C2c1ccc(F)cc1. The summed E-state index contributed by atoms with van der Waals surface area (Å²) in [5, 5.41) is 0. The van der Waals surface area contributed by atoms with Gasteiger partial charge in [-0.1, -0.05) is 40.5 Å². The number of hydrogen-bond acceptors (Lipinski definition) is 3. The summed E-state index contributed by atoms with van der Waals surface area (Å²) in [4.78, 5) is 28.5. The van der Waals surface area contributed by atoms with Gasteiger partial charge in [0.05, 0.1) is 17.5 Å². The van der Waals surface area contributed by atoms with Gasteiger partial charge in [-0.05, 0) is 55.2 Å². The number of halogens is 2. The molecule has 0 saturated heterocycles. The molecule has 2 aromatic carbocycles. The number of ketones is 1. The summed E-state index contributed by atoms with van der Waals surface area (Å²) in [6, 6.07) is 12.7. The van der Waals surface area contributed by atoms with E-state index in [1.54, 1.807) is 17.0 Å². The van der Waals surface area contributed by atoms with E-state index in [0.29, 0.717) is 16.8 Å². The molecule has 1 amide bonds. The molecule has 0 N–H and O–H groups in total. The fourth-order valence-electron chi connectivity index (χ4n) is 4.70. The predicted molar refractivity (Wildman–Crippen MR) is 110 cm³/mol. The zero-order valence-corrected chi connectivity index (χ0v) is 17.2. The van der Waals surface area contributed by atoms with E-state index in [4.69, 9.17) is 4.74 Å². The maximum Gasteiger partial charge on any atom is 0.294 e. The lowest BCUT2D eigenvalue weighted by Gasteiger charge is -2.35. The predicted octanol–water partition coefficient (Wildman–Crippen LogP) is 5.09. The molecule has 0 spiro atoms. The quantitative estimate of drug-likeness (QED) is 0.633. The summed E-state index contributed by atoms with van der Waals surface area (Å²) < 4.78 is 20.5. The zero-order valence-electron chi connectivity index (χ0n) is 15.6. The van der Waals surface area contributed by atoms with E-state index in [-0.39, 0.29) is 35.3 Å². The fourth-order valence-corrected chi connectivity index (χ4v) is 5.08. The second kappa shape index (κ2) is 7.10. The number of carbonyl (C=O) groups is 2. The van der Waals surface area contributed by atoms with E-state index in [2.05, 4.69) is 15.9 Å². The Morgan fingerprint density at radius 3 is 2.55 bits per heavy atom. The Bertz CT molecular complexity index is 1030. The number of amides is 1. The number of ether oxygens (including phenoxy) is 1. The minimum Gasteiger partial charge on any atom is -0.483 e. The van der Waals surface area contributed by atoms with Crippen LogP contribution < -0.4 is 4.90 Å². The van der Waals surface area contributed by atoms with Crippen LogP contribution >= 0.6 is 15.9 Å². The fraction of sp³-hybridized carbons (Fsp3) is 0.304. The van der Waals surface area contributed by atoms with Crippen LogP contribution in [-0.4, -0.2) is 17.8 Å². The molecule has 4 nitrogen and oxygen atoms in total. The van der Waals surface area contributed by atoms with Gasteiger partial charge in [0, 0.05) is 10.2 Å². The summed E-state index contributed by atoms with van der Waals surface area (Å²) in [6.07, 6.45) is 3.33. The van der Waals surface area contributed by atoms with Gasteiger partial charge in [0.2, 0.25) is 0 Å². The average Bonchev–Trinajstić information content (AvgIpc) is 3.02. The van der Waals surface area contributed by atoms with Crippen molar-refractivity contribution in [1.29, 1.82) is 0 Å². The molecule has 0 bridgehead atoms. The number of anilines is 1. The Morgan fingerprint density at radius 2 is 1.79 bits per heavy atom. The van der Waals surface area contributed by atoms with Gasteiger partial charge in [0.15, 0.2) is 11.5 Å². The van der Waals surface area contributed by atoms with Crippen LogP contribution in [0.3, 0.4) is 0 Å². The van der Waals surface area contributed by atoms with Gasteiger partial charge in [0.1, 0.15) is 11.9 Å². The Labute approximate surface area is 176 Å². The van der Waals surface area contributed by atoms with Gasteiger partial charge in [-0.25, -0.2) is 4.39 Å². The highest BCUT2D eigenvalue weighted by Gasteiger charge is 2.52. The summed E-state index contributed by atoms with van der Waals surface area (Å²) >= 11 is 3.45. The first-order valence-electron chi connectivity index (χ1n) is 9.84. The lowest BCUT2D eigenvalue weighted by atomic mass is 9.77. The van der Waals surface area contributed by atoms with Gasteiger partial charge in [-0.2, -0.15) is 0 Å². The third kappa shape index (κ3) is 3.01. The van der Waals surface area contributed by atoms with Crippen LogP contribution in [0.4, 0.5) is 10.1 Å². The van der Waals surface area contributed by atoms with Crippen LogP contribution in [0, 0.1) is 11.7 Å². The van der Waals surface area contributed by atoms with Crippen molar-refractivity contribution in [3.8, 4) is 0 Å². The Morgan fingerprint density at radius 1 is 1.03 bits per heavy atom. The van der Waals surface area contributed by atoms with Crippen molar-refractivity contribution < 1.29 is 18.7 Å². The third-order valence-electron chi connectivity index (χ3n) is 6.04. The van der Waals surface area contributed by atoms with E-state index in [1.807, 2.05) is 24.3 Å². The number of hydrogen-bond donors (Lipinski definition) is 0. The van der Waals surface area contributed by atoms with Crippen molar-refractivity contribution >= 4 is 33.3 Å². The molecule has 29 heavy (non-hydrogen) atoms. The van der Waals surface area contributed by atoms with E-state index in [1.165, 1.54) is 12.1 Å². The van der Waals surface area contributed by atoms with Crippen molar-refractivity contribution in [3.05, 3.63) is 75.7 Å². The van der Waals surface area contributed by atoms with Gasteiger partial charge in [-0.3, -0.25) is 14.5 Å². The van der Waals surface area contributed by atoms with Crippen LogP contribution in [0.1, 0.15) is 37.3 Å². The molecule has 6 heteroatoms. The van der Waals surface area contributed by atoms with Gasteiger partial charge >= 0.3 is 0 Å². The normalized spacial score (nSPS) is 26.3. The van der Waals surface area contributed by atoms with Crippen molar-refractivity contribution in [2.24, 2.45) is 5.92 Å². The van der Waals surface area contributed by atoms with Gasteiger partial charge in [0.25, 0.3) is 5.91 Å². The molecule has 3 unspecified atom stereocenters. The molecule has 3 aliphatic rings. The number of carbonyl (C=O) groups excluding carboxylic acids is 2. The summed E-state index contributed by atoms with van der Waals surface area (Å²) in [5.41, 5.74) is 1.76. The second-order valence-electron chi connectivity index (χ2n) is 7.76. The van der Waals surface area contributed by atoms with Crippen LogP contribution in [-0.2, 0) is 14.3 Å². The van der Waals surface area contributed by atoms with Gasteiger partial charge < -0.3 is 4.74 Å². The molecular formula is C23H19BrFNO3. The molecule has 2 aliphatic heterocycles. The molecule has 3 atom stereocenters. The minimum absolute atomic E-state index is 0.00359. The van der Waals surface area contributed by atoms with E-state index >= 15 is 0 Å². The smallest absolute Gasteiger partial charge is 0.294 e. The highest BCUT2D eigenvalue weighted by molar-refractivity contribution is 9.10. The summed E-state index contributed by atoms with van der Waals surface area (Å²) in [6.45, 7) is 0. The number of nitrogens with zero attached hydrogens (tertiary/aromatic N) is 1. The molecule has 1 saturated carbocycles. The Balaban J connectivity index is 1.66. The molecule has 1 aliphatic carbocycles. The lowest BCUT2D eigenvalue weighted by molar-refractivity contribution is -0.131. The Kier molecular flexibility index (Phi) is 4.54. The molecule has 5 rings (SSSR count). The monoisotopic (exact) mass is 455 g/mol. The number of fused-ring (bicyclic) bond motifs is 1. The van der Waals surface area contributed by atoms with Crippen LogP contribution in [0.2, 0.25) is 0 Å². The third-order valence-corrected chi connectivity index (χ3v) is 6.53. The number of rotatable bonds is 2. The highest BCUT2D eigenvalue weighted by atomic mass is 79.9. The topological polar surface area (TPSA) is 46.6 Å². The largest absolute Gasteiger partial charge is 0.483 e. The molecule has 148 valence electrons. The first-order chi connectivity index (χ1) is 14.0. The minimum atomic E-state index is -0.622. The molecule has 1 fully saturated rings. The Hall–Kier alpha value is -2.47. The summed E-state index contributed by atoms with van der Waals surface area (Å²) in [5.74, 6) is -0.728. The molecule has 2 heterocycles. The first-order valence-corrected chi connectivity index (χ1v) is 10.6. The zero-order chi connectivity index (χ0) is 20.1. The van der Waals surface area contributed by atoms with Gasteiger partial charge in [-0.15, -0.1) is 0 Å². The first kappa shape index (κ1) is 18.6. The van der Waals surface area contributed by atoms with E-state index in [9.17, 15) is 14.0 Å². The number of Topliss-reactive ketones (excluding diaryl/α,β-unsaturated/α-hetero) is 1. The maximum absolute atomic E-state index is 13.6. The van der Waals surface area contributed by atoms with E-state index < -0.39 is 6.04 Å². The van der Waals surface area contributed by atoms with Crippen LogP contribution in [0.5, 0.6) is 0 Å². The molecule has 0 aromatic heterocycles. The molecule has 0 radical (unpaired) electrons. The maximum atomic E-state index is 13.6. The summed E-state index contributed by atoms with van der Waals surface area (Å²) in [7, 11) is 0. The molecular weight excluding hydrogens is 437 g/mol. The van der Waals surface area contributed by atoms with Crippen molar-refractivity contribution in [3.63, 3.8) is 0 Å². The van der Waals surface area contributed by atoms with Crippen molar-refractivity contribution in [2.45, 2.75) is 37.8 Å². The lowest BCUT2D eigenvalue weighted by Crippen LogP contribution is -2.39. The second-order valence-corrected chi connectivity index (χ2v) is 8.68. The number of benzene rings is 2.